The molecular formula is C11H7F2N3. The second-order valence-corrected chi connectivity index (χ2v) is 3.18. The number of benzene rings is 1. The lowest BCUT2D eigenvalue weighted by atomic mass is 10.1. The molecule has 0 atom stereocenters. The van der Waals surface area contributed by atoms with Crippen LogP contribution in [0.4, 0.5) is 8.78 Å². The molecule has 16 heavy (non-hydrogen) atoms. The van der Waals surface area contributed by atoms with Crippen molar-refractivity contribution in [3.63, 3.8) is 0 Å². The summed E-state index contributed by atoms with van der Waals surface area (Å²) in [5.41, 5.74) is 0.148. The first-order valence-corrected chi connectivity index (χ1v) is 4.53. The Bertz CT molecular complexity index is 509. The van der Waals surface area contributed by atoms with E-state index in [-0.39, 0.29) is 5.56 Å². The zero-order chi connectivity index (χ0) is 11.6. The van der Waals surface area contributed by atoms with Gasteiger partial charge in [0.25, 0.3) is 0 Å². The SMILES string of the molecule is N#Cc1ccc(C(F)(F)n2cccn2)cc1. The van der Waals surface area contributed by atoms with E-state index in [0.717, 1.165) is 0 Å². The average molecular weight is 219 g/mol. The number of nitriles is 1. The van der Waals surface area contributed by atoms with Crippen molar-refractivity contribution in [2.24, 2.45) is 0 Å². The highest BCUT2D eigenvalue weighted by atomic mass is 19.3. The predicted octanol–water partition coefficient (Wildman–Crippen LogP) is 2.35. The van der Waals surface area contributed by atoms with E-state index in [4.69, 9.17) is 5.26 Å². The first-order valence-electron chi connectivity index (χ1n) is 4.53. The largest absolute Gasteiger partial charge is 0.370 e. The maximum atomic E-state index is 13.8. The molecule has 2 rings (SSSR count). The number of hydrogen-bond acceptors (Lipinski definition) is 2. The summed E-state index contributed by atoms with van der Waals surface area (Å²) in [6.45, 7) is 0. The number of aromatic nitrogens is 2. The van der Waals surface area contributed by atoms with E-state index in [2.05, 4.69) is 5.10 Å². The predicted molar refractivity (Wildman–Crippen MR) is 52.7 cm³/mol. The molecule has 0 amide bonds. The summed E-state index contributed by atoms with van der Waals surface area (Å²) < 4.78 is 28.1. The molecule has 5 heteroatoms. The molecule has 0 unspecified atom stereocenters. The monoisotopic (exact) mass is 219 g/mol. The molecule has 0 N–H and O–H groups in total. The lowest BCUT2D eigenvalue weighted by Crippen LogP contribution is -2.24. The Morgan fingerprint density at radius 1 is 1.25 bits per heavy atom. The molecule has 2 aromatic rings. The van der Waals surface area contributed by atoms with E-state index in [1.54, 1.807) is 0 Å². The number of hydrogen-bond donors (Lipinski definition) is 0. The zero-order valence-electron chi connectivity index (χ0n) is 8.14. The van der Waals surface area contributed by atoms with Crippen LogP contribution in [0.5, 0.6) is 0 Å². The maximum Gasteiger partial charge on any atom is 0.370 e. The van der Waals surface area contributed by atoms with Crippen LogP contribution in [-0.2, 0) is 6.05 Å². The van der Waals surface area contributed by atoms with Crippen molar-refractivity contribution in [3.8, 4) is 6.07 Å². The average Bonchev–Trinajstić information content (AvgIpc) is 2.83. The summed E-state index contributed by atoms with van der Waals surface area (Å²) in [6.07, 6.45) is 2.48. The zero-order valence-corrected chi connectivity index (χ0v) is 8.14. The highest BCUT2D eigenvalue weighted by Crippen LogP contribution is 2.28. The van der Waals surface area contributed by atoms with E-state index in [1.807, 2.05) is 6.07 Å². The molecule has 0 fully saturated rings. The lowest BCUT2D eigenvalue weighted by molar-refractivity contribution is -0.0482. The van der Waals surface area contributed by atoms with Gasteiger partial charge in [-0.05, 0) is 30.3 Å². The Hall–Kier alpha value is -2.22. The van der Waals surface area contributed by atoms with Crippen LogP contribution in [0.1, 0.15) is 11.1 Å². The molecule has 1 heterocycles. The van der Waals surface area contributed by atoms with Crippen molar-refractivity contribution in [2.75, 3.05) is 0 Å². The van der Waals surface area contributed by atoms with Crippen LogP contribution in [0.3, 0.4) is 0 Å². The quantitative estimate of drug-likeness (QED) is 0.777. The van der Waals surface area contributed by atoms with Crippen molar-refractivity contribution >= 4 is 0 Å². The fourth-order valence-corrected chi connectivity index (χ4v) is 1.31. The summed E-state index contributed by atoms with van der Waals surface area (Å²) >= 11 is 0. The maximum absolute atomic E-state index is 13.8. The highest BCUT2D eigenvalue weighted by molar-refractivity contribution is 5.33. The van der Waals surface area contributed by atoms with Crippen molar-refractivity contribution in [1.82, 2.24) is 9.78 Å². The van der Waals surface area contributed by atoms with Gasteiger partial charge in [0, 0.05) is 18.0 Å². The van der Waals surface area contributed by atoms with Crippen LogP contribution in [0.15, 0.2) is 42.7 Å². The molecule has 80 valence electrons. The van der Waals surface area contributed by atoms with E-state index in [1.165, 1.54) is 42.7 Å². The molecule has 0 radical (unpaired) electrons. The van der Waals surface area contributed by atoms with Gasteiger partial charge in [-0.1, -0.05) is 0 Å². The standard InChI is InChI=1S/C11H7F2N3/c12-11(13,16-7-1-6-15-16)10-4-2-9(8-14)3-5-10/h1-7H. The van der Waals surface area contributed by atoms with Crippen LogP contribution in [-0.4, -0.2) is 9.78 Å². The van der Waals surface area contributed by atoms with Crippen LogP contribution in [0.2, 0.25) is 0 Å². The minimum absolute atomic E-state index is 0.199. The molecular weight excluding hydrogens is 212 g/mol. The molecule has 1 aromatic heterocycles. The van der Waals surface area contributed by atoms with Gasteiger partial charge in [-0.3, -0.25) is 0 Å². The fraction of sp³-hybridized carbons (Fsp3) is 0.0909. The van der Waals surface area contributed by atoms with Crippen molar-refractivity contribution in [1.29, 1.82) is 5.26 Å². The third kappa shape index (κ3) is 1.65. The number of halogens is 2. The molecule has 0 aliphatic carbocycles. The second-order valence-electron chi connectivity index (χ2n) is 3.18. The minimum Gasteiger partial charge on any atom is -0.205 e. The molecule has 0 aliphatic heterocycles. The molecule has 0 aliphatic rings. The van der Waals surface area contributed by atoms with E-state index >= 15 is 0 Å². The van der Waals surface area contributed by atoms with Gasteiger partial charge in [-0.2, -0.15) is 19.1 Å². The summed E-state index contributed by atoms with van der Waals surface area (Å²) in [7, 11) is 0. The normalized spacial score (nSPS) is 11.1. The number of alkyl halides is 2. The van der Waals surface area contributed by atoms with Crippen molar-refractivity contribution in [2.45, 2.75) is 6.05 Å². The molecule has 1 aromatic carbocycles. The lowest BCUT2D eigenvalue weighted by Gasteiger charge is -2.16. The first kappa shape index (κ1) is 10.3. The summed E-state index contributed by atoms with van der Waals surface area (Å²) in [4.78, 5) is 0. The minimum atomic E-state index is -3.20. The third-order valence-electron chi connectivity index (χ3n) is 2.15. The van der Waals surface area contributed by atoms with Crippen molar-refractivity contribution in [3.05, 3.63) is 53.9 Å². The molecule has 0 spiro atoms. The molecule has 0 bridgehead atoms. The Morgan fingerprint density at radius 3 is 2.44 bits per heavy atom. The van der Waals surface area contributed by atoms with Gasteiger partial charge in [0.2, 0.25) is 0 Å². The third-order valence-corrected chi connectivity index (χ3v) is 2.15. The fourth-order valence-electron chi connectivity index (χ4n) is 1.31. The summed E-state index contributed by atoms with van der Waals surface area (Å²) in [6, 6.07) is 5.26. The van der Waals surface area contributed by atoms with E-state index in [9.17, 15) is 8.78 Å². The van der Waals surface area contributed by atoms with Gasteiger partial charge in [0.15, 0.2) is 0 Å². The van der Waals surface area contributed by atoms with Crippen molar-refractivity contribution < 1.29 is 8.78 Å². The van der Waals surface area contributed by atoms with E-state index in [0.29, 0.717) is 10.2 Å². The second kappa shape index (κ2) is 3.74. The van der Waals surface area contributed by atoms with Gasteiger partial charge >= 0.3 is 6.05 Å². The van der Waals surface area contributed by atoms with Gasteiger partial charge < -0.3 is 0 Å². The van der Waals surface area contributed by atoms with E-state index < -0.39 is 6.05 Å². The van der Waals surface area contributed by atoms with Gasteiger partial charge in [-0.25, -0.2) is 4.68 Å². The number of nitrogens with zero attached hydrogens (tertiary/aromatic N) is 3. The summed E-state index contributed by atoms with van der Waals surface area (Å²) in [5.74, 6) is 0. The Labute approximate surface area is 90.5 Å². The van der Waals surface area contributed by atoms with Crippen LogP contribution < -0.4 is 0 Å². The Morgan fingerprint density at radius 2 is 1.94 bits per heavy atom. The molecule has 3 nitrogen and oxygen atoms in total. The highest BCUT2D eigenvalue weighted by Gasteiger charge is 2.34. The van der Waals surface area contributed by atoms with Crippen LogP contribution in [0, 0.1) is 11.3 Å². The Balaban J connectivity index is 2.40. The van der Waals surface area contributed by atoms with Crippen LogP contribution >= 0.6 is 0 Å². The first-order chi connectivity index (χ1) is 7.64. The van der Waals surface area contributed by atoms with Gasteiger partial charge in [-0.15, -0.1) is 0 Å². The van der Waals surface area contributed by atoms with Crippen LogP contribution in [0.25, 0.3) is 0 Å². The Kier molecular flexibility index (Phi) is 2.41. The molecule has 0 saturated carbocycles. The topological polar surface area (TPSA) is 41.6 Å². The number of rotatable bonds is 2. The van der Waals surface area contributed by atoms with Gasteiger partial charge in [0.05, 0.1) is 11.6 Å². The molecule has 0 saturated heterocycles. The van der Waals surface area contributed by atoms with Gasteiger partial charge in [0.1, 0.15) is 0 Å². The summed E-state index contributed by atoms with van der Waals surface area (Å²) in [5, 5.41) is 12.1. The smallest absolute Gasteiger partial charge is 0.205 e.